The summed E-state index contributed by atoms with van der Waals surface area (Å²) in [5, 5.41) is 15.2. The molecule has 5 N–H and O–H groups in total. The molecular formula is C11H19N5O3. The van der Waals surface area contributed by atoms with Crippen molar-refractivity contribution in [3.05, 3.63) is 11.9 Å². The molecule has 0 saturated carbocycles. The SMILES string of the molecule is CCNc1cc(NCC(O)C(N)=O)nc(COC)n1. The molecule has 0 aliphatic heterocycles. The van der Waals surface area contributed by atoms with Gasteiger partial charge in [0.05, 0.1) is 6.54 Å². The molecule has 0 aliphatic rings. The highest BCUT2D eigenvalue weighted by Gasteiger charge is 2.11. The molecule has 1 amide bonds. The molecule has 8 nitrogen and oxygen atoms in total. The lowest BCUT2D eigenvalue weighted by Gasteiger charge is -2.12. The minimum absolute atomic E-state index is 0.00959. The van der Waals surface area contributed by atoms with E-state index in [0.29, 0.717) is 24.0 Å². The van der Waals surface area contributed by atoms with E-state index in [1.54, 1.807) is 13.2 Å². The van der Waals surface area contributed by atoms with Crippen molar-refractivity contribution in [2.24, 2.45) is 5.73 Å². The van der Waals surface area contributed by atoms with Gasteiger partial charge in [0.15, 0.2) is 5.82 Å². The number of primary amides is 1. The smallest absolute Gasteiger partial charge is 0.248 e. The third-order valence-electron chi connectivity index (χ3n) is 2.21. The number of aromatic nitrogens is 2. The van der Waals surface area contributed by atoms with Gasteiger partial charge in [-0.3, -0.25) is 4.79 Å². The Kier molecular flexibility index (Phi) is 5.97. The molecule has 106 valence electrons. The summed E-state index contributed by atoms with van der Waals surface area (Å²) >= 11 is 0. The van der Waals surface area contributed by atoms with Gasteiger partial charge in [-0.2, -0.15) is 0 Å². The van der Waals surface area contributed by atoms with Crippen molar-refractivity contribution >= 4 is 17.5 Å². The number of aliphatic hydroxyl groups is 1. The topological polar surface area (TPSA) is 122 Å². The van der Waals surface area contributed by atoms with Gasteiger partial charge in [-0.05, 0) is 6.92 Å². The number of nitrogens with one attached hydrogen (secondary N) is 2. The second-order valence-corrected chi connectivity index (χ2v) is 3.82. The van der Waals surface area contributed by atoms with Crippen LogP contribution in [0.5, 0.6) is 0 Å². The Labute approximate surface area is 111 Å². The van der Waals surface area contributed by atoms with Crippen molar-refractivity contribution in [1.82, 2.24) is 9.97 Å². The van der Waals surface area contributed by atoms with Gasteiger partial charge >= 0.3 is 0 Å². The van der Waals surface area contributed by atoms with Crippen LogP contribution in [0.3, 0.4) is 0 Å². The van der Waals surface area contributed by atoms with E-state index in [4.69, 9.17) is 10.5 Å². The normalized spacial score (nSPS) is 11.9. The standard InChI is InChI=1S/C11H19N5O3/c1-3-13-8-4-9(14-5-7(17)11(12)18)16-10(15-8)6-19-2/h4,7,17H,3,5-6H2,1-2H3,(H2,12,18)(H2,13,14,15,16). The van der Waals surface area contributed by atoms with Crippen LogP contribution in [0, 0.1) is 0 Å². The predicted molar refractivity (Wildman–Crippen MR) is 70.6 cm³/mol. The van der Waals surface area contributed by atoms with Crippen molar-refractivity contribution in [1.29, 1.82) is 0 Å². The Hall–Kier alpha value is -1.93. The maximum absolute atomic E-state index is 10.7. The van der Waals surface area contributed by atoms with Crippen LogP contribution in [0.25, 0.3) is 0 Å². The molecule has 1 aromatic rings. The highest BCUT2D eigenvalue weighted by molar-refractivity contribution is 5.79. The number of rotatable bonds is 8. The number of ether oxygens (including phenoxy) is 1. The van der Waals surface area contributed by atoms with E-state index in [1.165, 1.54) is 0 Å². The summed E-state index contributed by atoms with van der Waals surface area (Å²) in [6, 6.07) is 1.68. The van der Waals surface area contributed by atoms with Crippen LogP contribution < -0.4 is 16.4 Å². The number of anilines is 2. The Balaban J connectivity index is 2.77. The van der Waals surface area contributed by atoms with E-state index in [9.17, 15) is 9.90 Å². The Morgan fingerprint density at radius 3 is 2.63 bits per heavy atom. The quantitative estimate of drug-likeness (QED) is 0.492. The van der Waals surface area contributed by atoms with Gasteiger partial charge in [0, 0.05) is 19.7 Å². The molecular weight excluding hydrogens is 250 g/mol. The van der Waals surface area contributed by atoms with Crippen molar-refractivity contribution in [3.8, 4) is 0 Å². The minimum atomic E-state index is -1.26. The van der Waals surface area contributed by atoms with Gasteiger partial charge < -0.3 is 26.2 Å². The Morgan fingerprint density at radius 2 is 2.11 bits per heavy atom. The third-order valence-corrected chi connectivity index (χ3v) is 2.21. The molecule has 0 saturated heterocycles. The average molecular weight is 269 g/mol. The zero-order chi connectivity index (χ0) is 14.3. The minimum Gasteiger partial charge on any atom is -0.381 e. The molecule has 0 bridgehead atoms. The Bertz CT molecular complexity index is 403. The van der Waals surface area contributed by atoms with E-state index in [-0.39, 0.29) is 13.2 Å². The van der Waals surface area contributed by atoms with E-state index >= 15 is 0 Å². The van der Waals surface area contributed by atoms with Crippen molar-refractivity contribution < 1.29 is 14.6 Å². The monoisotopic (exact) mass is 269 g/mol. The summed E-state index contributed by atoms with van der Waals surface area (Å²) in [7, 11) is 1.55. The molecule has 0 radical (unpaired) electrons. The van der Waals surface area contributed by atoms with Crippen LogP contribution in [0.4, 0.5) is 11.6 Å². The number of carbonyl (C=O) groups excluding carboxylic acids is 1. The van der Waals surface area contributed by atoms with Gasteiger partial charge in [-0.25, -0.2) is 9.97 Å². The number of methoxy groups -OCH3 is 1. The summed E-state index contributed by atoms with van der Waals surface area (Å²) in [5.74, 6) is 0.835. The molecule has 1 rings (SSSR count). The van der Waals surface area contributed by atoms with Gasteiger partial charge in [-0.1, -0.05) is 0 Å². The molecule has 1 heterocycles. The van der Waals surface area contributed by atoms with Crippen LogP contribution in [0.2, 0.25) is 0 Å². The second kappa shape index (κ2) is 7.49. The molecule has 0 aromatic carbocycles. The number of aliphatic hydroxyl groups excluding tert-OH is 1. The van der Waals surface area contributed by atoms with Gasteiger partial charge in [-0.15, -0.1) is 0 Å². The van der Waals surface area contributed by atoms with Gasteiger partial charge in [0.2, 0.25) is 5.91 Å². The summed E-state index contributed by atoms with van der Waals surface area (Å²) in [4.78, 5) is 19.1. The van der Waals surface area contributed by atoms with Gasteiger partial charge in [0.1, 0.15) is 24.3 Å². The highest BCUT2D eigenvalue weighted by atomic mass is 16.5. The fraction of sp³-hybridized carbons (Fsp3) is 0.545. The molecule has 0 spiro atoms. The molecule has 1 atom stereocenters. The first-order valence-electron chi connectivity index (χ1n) is 5.88. The lowest BCUT2D eigenvalue weighted by atomic mass is 10.3. The Morgan fingerprint density at radius 1 is 1.47 bits per heavy atom. The maximum atomic E-state index is 10.7. The summed E-state index contributed by atoms with van der Waals surface area (Å²) in [5.41, 5.74) is 4.96. The molecule has 8 heteroatoms. The van der Waals surface area contributed by atoms with Gasteiger partial charge in [0.25, 0.3) is 0 Å². The van der Waals surface area contributed by atoms with Crippen LogP contribution in [0.1, 0.15) is 12.7 Å². The lowest BCUT2D eigenvalue weighted by Crippen LogP contribution is -2.34. The molecule has 19 heavy (non-hydrogen) atoms. The first-order chi connectivity index (χ1) is 9.06. The van der Waals surface area contributed by atoms with Crippen molar-refractivity contribution in [2.75, 3.05) is 30.8 Å². The summed E-state index contributed by atoms with van der Waals surface area (Å²) < 4.78 is 4.98. The van der Waals surface area contributed by atoms with E-state index in [1.807, 2.05) is 6.92 Å². The summed E-state index contributed by atoms with van der Waals surface area (Å²) in [6.45, 7) is 2.92. The largest absolute Gasteiger partial charge is 0.381 e. The lowest BCUT2D eigenvalue weighted by molar-refractivity contribution is -0.125. The highest BCUT2D eigenvalue weighted by Crippen LogP contribution is 2.11. The number of nitrogens with two attached hydrogens (primary N) is 1. The molecule has 1 unspecified atom stereocenters. The van der Waals surface area contributed by atoms with E-state index < -0.39 is 12.0 Å². The molecule has 0 aliphatic carbocycles. The van der Waals surface area contributed by atoms with Crippen molar-refractivity contribution in [3.63, 3.8) is 0 Å². The van der Waals surface area contributed by atoms with E-state index in [0.717, 1.165) is 0 Å². The fourth-order valence-electron chi connectivity index (χ4n) is 1.35. The average Bonchev–Trinajstić information content (AvgIpc) is 2.36. The second-order valence-electron chi connectivity index (χ2n) is 3.82. The fourth-order valence-corrected chi connectivity index (χ4v) is 1.35. The van der Waals surface area contributed by atoms with Crippen LogP contribution in [0.15, 0.2) is 6.07 Å². The van der Waals surface area contributed by atoms with Crippen molar-refractivity contribution in [2.45, 2.75) is 19.6 Å². The number of hydrogen-bond donors (Lipinski definition) is 4. The maximum Gasteiger partial charge on any atom is 0.248 e. The predicted octanol–water partition coefficient (Wildman–Crippen LogP) is -0.687. The number of nitrogens with zero attached hydrogens (tertiary/aromatic N) is 2. The zero-order valence-electron chi connectivity index (χ0n) is 11.0. The third kappa shape index (κ3) is 5.06. The van der Waals surface area contributed by atoms with Crippen LogP contribution >= 0.6 is 0 Å². The number of carbonyl (C=O) groups is 1. The first kappa shape index (κ1) is 15.1. The number of amides is 1. The van der Waals surface area contributed by atoms with Crippen LogP contribution in [-0.4, -0.2) is 47.3 Å². The van der Waals surface area contributed by atoms with E-state index in [2.05, 4.69) is 20.6 Å². The number of hydrogen-bond acceptors (Lipinski definition) is 7. The molecule has 1 aromatic heterocycles. The first-order valence-corrected chi connectivity index (χ1v) is 5.88. The van der Waals surface area contributed by atoms with Crippen LogP contribution in [-0.2, 0) is 16.1 Å². The summed E-state index contributed by atoms with van der Waals surface area (Å²) in [6.07, 6.45) is -1.26. The molecule has 0 fully saturated rings. The zero-order valence-corrected chi connectivity index (χ0v) is 11.0.